The van der Waals surface area contributed by atoms with Crippen LogP contribution in [0.5, 0.6) is 0 Å². The van der Waals surface area contributed by atoms with Crippen LogP contribution in [0.25, 0.3) is 0 Å². The maximum atomic E-state index is 11.0. The van der Waals surface area contributed by atoms with Gasteiger partial charge in [-0.25, -0.2) is 4.98 Å². The Hall–Kier alpha value is -1.89. The quantitative estimate of drug-likeness (QED) is 0.650. The van der Waals surface area contributed by atoms with Gasteiger partial charge in [-0.3, -0.25) is 10.1 Å². The Morgan fingerprint density at radius 2 is 2.19 bits per heavy atom. The summed E-state index contributed by atoms with van der Waals surface area (Å²) >= 11 is 3.43. The predicted octanol–water partition coefficient (Wildman–Crippen LogP) is 4.06. The molecule has 0 bridgehead atoms. The lowest BCUT2D eigenvalue weighted by molar-refractivity contribution is -0.385. The SMILES string of the molecule is Cc1cc(Br)c(NCc2cncn2C(C)C)cc1[N+](=O)[O-]. The molecule has 0 aliphatic rings. The van der Waals surface area contributed by atoms with Crippen molar-refractivity contribution in [3.63, 3.8) is 0 Å². The highest BCUT2D eigenvalue weighted by molar-refractivity contribution is 9.10. The van der Waals surface area contributed by atoms with E-state index in [1.807, 2.05) is 0 Å². The lowest BCUT2D eigenvalue weighted by atomic mass is 10.2. The first-order valence-electron chi connectivity index (χ1n) is 6.59. The molecule has 0 aliphatic heterocycles. The molecule has 2 aromatic rings. The van der Waals surface area contributed by atoms with Crippen molar-refractivity contribution in [2.45, 2.75) is 33.4 Å². The second-order valence-corrected chi connectivity index (χ2v) is 5.97. The zero-order valence-electron chi connectivity index (χ0n) is 12.1. The van der Waals surface area contributed by atoms with Crippen molar-refractivity contribution in [1.82, 2.24) is 9.55 Å². The molecule has 1 N–H and O–H groups in total. The lowest BCUT2D eigenvalue weighted by Gasteiger charge is -2.14. The highest BCUT2D eigenvalue weighted by Gasteiger charge is 2.14. The Kier molecular flexibility index (Phi) is 4.62. The topological polar surface area (TPSA) is 73.0 Å². The molecule has 7 heteroatoms. The van der Waals surface area contributed by atoms with E-state index in [1.54, 1.807) is 31.6 Å². The van der Waals surface area contributed by atoms with Crippen LogP contribution in [0.3, 0.4) is 0 Å². The van der Waals surface area contributed by atoms with Gasteiger partial charge < -0.3 is 9.88 Å². The second kappa shape index (κ2) is 6.26. The molecule has 1 aromatic carbocycles. The molecular formula is C14H17BrN4O2. The van der Waals surface area contributed by atoms with Crippen LogP contribution in [0, 0.1) is 17.0 Å². The maximum Gasteiger partial charge on any atom is 0.274 e. The highest BCUT2D eigenvalue weighted by atomic mass is 79.9. The van der Waals surface area contributed by atoms with Gasteiger partial charge in [0, 0.05) is 28.3 Å². The first-order chi connectivity index (χ1) is 9.90. The third-order valence-corrected chi connectivity index (χ3v) is 3.90. The minimum Gasteiger partial charge on any atom is -0.378 e. The summed E-state index contributed by atoms with van der Waals surface area (Å²) in [5, 5.41) is 14.2. The fourth-order valence-electron chi connectivity index (χ4n) is 2.11. The van der Waals surface area contributed by atoms with Crippen molar-refractivity contribution in [1.29, 1.82) is 0 Å². The number of halogens is 1. The molecule has 0 amide bonds. The zero-order valence-corrected chi connectivity index (χ0v) is 13.7. The molecular weight excluding hydrogens is 336 g/mol. The van der Waals surface area contributed by atoms with E-state index in [9.17, 15) is 10.1 Å². The number of anilines is 1. The van der Waals surface area contributed by atoms with Crippen molar-refractivity contribution in [3.05, 3.63) is 50.5 Å². The average molecular weight is 353 g/mol. The third-order valence-electron chi connectivity index (χ3n) is 3.24. The molecule has 2 rings (SSSR count). The van der Waals surface area contributed by atoms with Crippen LogP contribution in [0.1, 0.15) is 31.1 Å². The van der Waals surface area contributed by atoms with Gasteiger partial charge >= 0.3 is 0 Å². The van der Waals surface area contributed by atoms with Gasteiger partial charge in [0.05, 0.1) is 29.2 Å². The summed E-state index contributed by atoms with van der Waals surface area (Å²) in [5.74, 6) is 0. The number of rotatable bonds is 5. The number of nitro groups is 1. The molecule has 112 valence electrons. The lowest BCUT2D eigenvalue weighted by Crippen LogP contribution is -2.09. The number of nitrogens with one attached hydrogen (secondary N) is 1. The number of imidazole rings is 1. The molecule has 6 nitrogen and oxygen atoms in total. The smallest absolute Gasteiger partial charge is 0.274 e. The maximum absolute atomic E-state index is 11.0. The Morgan fingerprint density at radius 3 is 2.81 bits per heavy atom. The summed E-state index contributed by atoms with van der Waals surface area (Å²) in [6.45, 7) is 6.44. The van der Waals surface area contributed by atoms with E-state index in [1.165, 1.54) is 0 Å². The van der Waals surface area contributed by atoms with Crippen LogP contribution in [-0.2, 0) is 6.54 Å². The van der Waals surface area contributed by atoms with Crippen molar-refractivity contribution >= 4 is 27.3 Å². The Balaban J connectivity index is 2.22. The van der Waals surface area contributed by atoms with Crippen LogP contribution in [-0.4, -0.2) is 14.5 Å². The monoisotopic (exact) mass is 352 g/mol. The molecule has 0 unspecified atom stereocenters. The van der Waals surface area contributed by atoms with Crippen molar-refractivity contribution in [2.24, 2.45) is 0 Å². The number of aromatic nitrogens is 2. The summed E-state index contributed by atoms with van der Waals surface area (Å²) in [6.07, 6.45) is 3.58. The van der Waals surface area contributed by atoms with Gasteiger partial charge in [0.25, 0.3) is 5.69 Å². The molecule has 0 saturated heterocycles. The summed E-state index contributed by atoms with van der Waals surface area (Å²) in [6, 6.07) is 3.62. The molecule has 0 atom stereocenters. The normalized spacial score (nSPS) is 10.9. The van der Waals surface area contributed by atoms with E-state index in [2.05, 4.69) is 44.6 Å². The van der Waals surface area contributed by atoms with Gasteiger partial charge in [0.1, 0.15) is 0 Å². The number of hydrogen-bond acceptors (Lipinski definition) is 4. The number of aryl methyl sites for hydroxylation is 1. The van der Waals surface area contributed by atoms with E-state index < -0.39 is 0 Å². The minimum atomic E-state index is -0.370. The first-order valence-corrected chi connectivity index (χ1v) is 7.38. The van der Waals surface area contributed by atoms with Crippen molar-refractivity contribution in [3.8, 4) is 0 Å². The average Bonchev–Trinajstić information content (AvgIpc) is 2.85. The number of hydrogen-bond donors (Lipinski definition) is 1. The Morgan fingerprint density at radius 1 is 1.48 bits per heavy atom. The second-order valence-electron chi connectivity index (χ2n) is 5.12. The molecule has 0 radical (unpaired) electrons. The van der Waals surface area contributed by atoms with Gasteiger partial charge in [-0.1, -0.05) is 0 Å². The van der Waals surface area contributed by atoms with E-state index in [0.29, 0.717) is 23.8 Å². The predicted molar refractivity (Wildman–Crippen MR) is 85.5 cm³/mol. The summed E-state index contributed by atoms with van der Waals surface area (Å²) in [5.41, 5.74) is 2.46. The molecule has 0 saturated carbocycles. The van der Waals surface area contributed by atoms with Gasteiger partial charge in [-0.15, -0.1) is 0 Å². The molecule has 1 aromatic heterocycles. The molecule has 0 fully saturated rings. The third kappa shape index (κ3) is 3.41. The fourth-order valence-corrected chi connectivity index (χ4v) is 2.71. The van der Waals surface area contributed by atoms with E-state index in [4.69, 9.17) is 0 Å². The van der Waals surface area contributed by atoms with Gasteiger partial charge in [0.15, 0.2) is 0 Å². The van der Waals surface area contributed by atoms with E-state index in [-0.39, 0.29) is 10.6 Å². The largest absolute Gasteiger partial charge is 0.378 e. The van der Waals surface area contributed by atoms with Crippen molar-refractivity contribution < 1.29 is 4.92 Å². The molecule has 1 heterocycles. The standard InChI is InChI=1S/C14H17BrN4O2/c1-9(2)18-8-16-6-11(18)7-17-13-5-14(19(20)21)10(3)4-12(13)15/h4-6,8-9,17H,7H2,1-3H3. The van der Waals surface area contributed by atoms with Crippen LogP contribution < -0.4 is 5.32 Å². The molecule has 21 heavy (non-hydrogen) atoms. The number of benzene rings is 1. The van der Waals surface area contributed by atoms with Crippen LogP contribution >= 0.6 is 15.9 Å². The van der Waals surface area contributed by atoms with Crippen LogP contribution in [0.15, 0.2) is 29.1 Å². The molecule has 0 spiro atoms. The van der Waals surface area contributed by atoms with Crippen molar-refractivity contribution in [2.75, 3.05) is 5.32 Å². The minimum absolute atomic E-state index is 0.109. The van der Waals surface area contributed by atoms with E-state index in [0.717, 1.165) is 10.2 Å². The molecule has 0 aliphatic carbocycles. The summed E-state index contributed by atoms with van der Waals surface area (Å²) in [4.78, 5) is 14.8. The fraction of sp³-hybridized carbons (Fsp3) is 0.357. The Labute approximate surface area is 131 Å². The van der Waals surface area contributed by atoms with Gasteiger partial charge in [-0.2, -0.15) is 0 Å². The van der Waals surface area contributed by atoms with Crippen LogP contribution in [0.4, 0.5) is 11.4 Å². The zero-order chi connectivity index (χ0) is 15.6. The van der Waals surface area contributed by atoms with Crippen LogP contribution in [0.2, 0.25) is 0 Å². The highest BCUT2D eigenvalue weighted by Crippen LogP contribution is 2.31. The van der Waals surface area contributed by atoms with Gasteiger partial charge in [0.2, 0.25) is 0 Å². The number of nitro benzene ring substituents is 1. The Bertz CT molecular complexity index is 667. The first kappa shape index (κ1) is 15.5. The summed E-state index contributed by atoms with van der Waals surface area (Å²) in [7, 11) is 0. The number of nitrogens with zero attached hydrogens (tertiary/aromatic N) is 3. The summed E-state index contributed by atoms with van der Waals surface area (Å²) < 4.78 is 2.87. The van der Waals surface area contributed by atoms with E-state index >= 15 is 0 Å². The van der Waals surface area contributed by atoms with Gasteiger partial charge in [-0.05, 0) is 42.8 Å².